The molecular formula is C17H16N6. The maximum atomic E-state index is 4.48. The van der Waals surface area contributed by atoms with E-state index in [2.05, 4.69) is 38.1 Å². The molecule has 0 amide bonds. The van der Waals surface area contributed by atoms with E-state index in [-0.39, 0.29) is 0 Å². The Hall–Kier alpha value is -3.15. The highest BCUT2D eigenvalue weighted by Gasteiger charge is 2.10. The van der Waals surface area contributed by atoms with Crippen molar-refractivity contribution in [2.75, 3.05) is 5.32 Å². The lowest BCUT2D eigenvalue weighted by Crippen LogP contribution is -1.95. The molecule has 0 aliphatic heterocycles. The zero-order valence-corrected chi connectivity index (χ0v) is 12.9. The van der Waals surface area contributed by atoms with Gasteiger partial charge < -0.3 is 9.88 Å². The third-order valence-corrected chi connectivity index (χ3v) is 3.86. The van der Waals surface area contributed by atoms with E-state index < -0.39 is 0 Å². The summed E-state index contributed by atoms with van der Waals surface area (Å²) < 4.78 is 3.96. The van der Waals surface area contributed by atoms with Gasteiger partial charge in [0.2, 0.25) is 0 Å². The van der Waals surface area contributed by atoms with E-state index in [1.165, 1.54) is 0 Å². The van der Waals surface area contributed by atoms with Crippen LogP contribution in [-0.2, 0) is 14.1 Å². The maximum Gasteiger partial charge on any atom is 0.132 e. The molecule has 0 saturated heterocycles. The van der Waals surface area contributed by atoms with Crippen LogP contribution in [-0.4, -0.2) is 24.3 Å². The first-order valence-corrected chi connectivity index (χ1v) is 7.32. The molecule has 0 radical (unpaired) electrons. The number of hydrogen-bond acceptors (Lipinski definition) is 4. The van der Waals surface area contributed by atoms with Crippen LogP contribution in [0.5, 0.6) is 0 Å². The number of anilines is 2. The molecular weight excluding hydrogens is 288 g/mol. The quantitative estimate of drug-likeness (QED) is 0.632. The minimum Gasteiger partial charge on any atom is -0.343 e. The first-order chi connectivity index (χ1) is 11.2. The van der Waals surface area contributed by atoms with E-state index >= 15 is 0 Å². The van der Waals surface area contributed by atoms with Gasteiger partial charge in [0.25, 0.3) is 0 Å². The van der Waals surface area contributed by atoms with Gasteiger partial charge in [-0.25, -0.2) is 4.98 Å². The molecule has 0 saturated carbocycles. The molecule has 0 aliphatic rings. The van der Waals surface area contributed by atoms with Crippen molar-refractivity contribution >= 4 is 22.4 Å². The van der Waals surface area contributed by atoms with Gasteiger partial charge in [0, 0.05) is 49.7 Å². The summed E-state index contributed by atoms with van der Waals surface area (Å²) in [4.78, 5) is 8.58. The van der Waals surface area contributed by atoms with Crippen LogP contribution in [0.15, 0.2) is 55.2 Å². The van der Waals surface area contributed by atoms with Crippen LogP contribution >= 0.6 is 0 Å². The van der Waals surface area contributed by atoms with Gasteiger partial charge in [-0.1, -0.05) is 0 Å². The van der Waals surface area contributed by atoms with Crippen LogP contribution < -0.4 is 5.32 Å². The molecule has 0 unspecified atom stereocenters. The van der Waals surface area contributed by atoms with Crippen molar-refractivity contribution in [1.29, 1.82) is 0 Å². The first-order valence-electron chi connectivity index (χ1n) is 7.32. The molecule has 4 aromatic rings. The molecule has 4 heterocycles. The zero-order valence-electron chi connectivity index (χ0n) is 12.9. The van der Waals surface area contributed by atoms with Gasteiger partial charge in [0.05, 0.1) is 29.3 Å². The van der Waals surface area contributed by atoms with Crippen LogP contribution in [0.25, 0.3) is 22.2 Å². The normalized spacial score (nSPS) is 11.0. The second kappa shape index (κ2) is 5.24. The lowest BCUT2D eigenvalue weighted by Gasteiger charge is -2.06. The average Bonchev–Trinajstić information content (AvgIpc) is 3.13. The maximum absolute atomic E-state index is 4.48. The highest BCUT2D eigenvalue weighted by Crippen LogP contribution is 2.28. The Morgan fingerprint density at radius 2 is 2.00 bits per heavy atom. The Bertz CT molecular complexity index is 967. The predicted molar refractivity (Wildman–Crippen MR) is 90.4 cm³/mol. The Kier molecular flexibility index (Phi) is 3.08. The Morgan fingerprint density at radius 1 is 1.09 bits per heavy atom. The number of nitrogens with zero attached hydrogens (tertiary/aromatic N) is 5. The Balaban J connectivity index is 1.75. The molecule has 6 heteroatoms. The number of nitrogens with one attached hydrogen (secondary N) is 1. The SMILES string of the molecule is Cn1cc(-c2cc3cnc(Nc4cccnc4)cc3n2C)cn1. The van der Waals surface area contributed by atoms with Crippen molar-refractivity contribution < 1.29 is 0 Å². The van der Waals surface area contributed by atoms with Gasteiger partial charge in [-0.15, -0.1) is 0 Å². The summed E-state index contributed by atoms with van der Waals surface area (Å²) in [6.07, 6.45) is 9.29. The largest absolute Gasteiger partial charge is 0.343 e. The summed E-state index contributed by atoms with van der Waals surface area (Å²) in [5.74, 6) is 0.796. The van der Waals surface area contributed by atoms with Crippen molar-refractivity contribution in [3.05, 3.63) is 55.2 Å². The van der Waals surface area contributed by atoms with Gasteiger partial charge in [-0.2, -0.15) is 5.10 Å². The molecule has 4 rings (SSSR count). The van der Waals surface area contributed by atoms with Crippen molar-refractivity contribution in [3.8, 4) is 11.3 Å². The van der Waals surface area contributed by atoms with Gasteiger partial charge in [0.1, 0.15) is 5.82 Å². The molecule has 0 atom stereocenters. The fourth-order valence-corrected chi connectivity index (χ4v) is 2.71. The van der Waals surface area contributed by atoms with Crippen LogP contribution in [0.4, 0.5) is 11.5 Å². The average molecular weight is 304 g/mol. The topological polar surface area (TPSA) is 60.6 Å². The molecule has 23 heavy (non-hydrogen) atoms. The zero-order chi connectivity index (χ0) is 15.8. The van der Waals surface area contributed by atoms with E-state index in [0.29, 0.717) is 0 Å². The summed E-state index contributed by atoms with van der Waals surface area (Å²) in [5, 5.41) is 8.62. The predicted octanol–water partition coefficient (Wildman–Crippen LogP) is 3.11. The molecule has 0 spiro atoms. The lowest BCUT2D eigenvalue weighted by molar-refractivity contribution is 0.768. The molecule has 0 aliphatic carbocycles. The second-order valence-electron chi connectivity index (χ2n) is 5.49. The van der Waals surface area contributed by atoms with Gasteiger partial charge in [0.15, 0.2) is 0 Å². The van der Waals surface area contributed by atoms with E-state index in [9.17, 15) is 0 Å². The fourth-order valence-electron chi connectivity index (χ4n) is 2.71. The summed E-state index contributed by atoms with van der Waals surface area (Å²) in [6, 6.07) is 8.03. The second-order valence-corrected chi connectivity index (χ2v) is 5.49. The highest BCUT2D eigenvalue weighted by molar-refractivity contribution is 5.88. The smallest absolute Gasteiger partial charge is 0.132 e. The molecule has 0 fully saturated rings. The number of fused-ring (bicyclic) bond motifs is 1. The minimum atomic E-state index is 0.796. The molecule has 0 bridgehead atoms. The number of rotatable bonds is 3. The number of pyridine rings is 2. The molecule has 0 aromatic carbocycles. The summed E-state index contributed by atoms with van der Waals surface area (Å²) >= 11 is 0. The van der Waals surface area contributed by atoms with E-state index in [4.69, 9.17) is 0 Å². The minimum absolute atomic E-state index is 0.796. The van der Waals surface area contributed by atoms with Crippen LogP contribution in [0, 0.1) is 0 Å². The highest BCUT2D eigenvalue weighted by atomic mass is 15.2. The van der Waals surface area contributed by atoms with Crippen molar-refractivity contribution in [2.45, 2.75) is 0 Å². The molecule has 4 aromatic heterocycles. The molecule has 6 nitrogen and oxygen atoms in total. The monoisotopic (exact) mass is 304 g/mol. The summed E-state index contributed by atoms with van der Waals surface area (Å²) in [7, 11) is 3.97. The fraction of sp³-hybridized carbons (Fsp3) is 0.118. The summed E-state index contributed by atoms with van der Waals surface area (Å²) in [5.41, 5.74) is 4.24. The van der Waals surface area contributed by atoms with Gasteiger partial charge >= 0.3 is 0 Å². The molecule has 1 N–H and O–H groups in total. The van der Waals surface area contributed by atoms with Crippen LogP contribution in [0.1, 0.15) is 0 Å². The van der Waals surface area contributed by atoms with Crippen molar-refractivity contribution in [1.82, 2.24) is 24.3 Å². The Labute approximate surface area is 133 Å². The molecule has 114 valence electrons. The third kappa shape index (κ3) is 2.44. The standard InChI is InChI=1S/C17H16N6/c1-22-11-13(9-20-22)15-6-12-8-19-17(7-16(12)23(15)2)21-14-4-3-5-18-10-14/h3-11H,1-2H3,(H,19,21). The van der Waals surface area contributed by atoms with E-state index in [1.807, 2.05) is 43.8 Å². The van der Waals surface area contributed by atoms with Crippen molar-refractivity contribution in [3.63, 3.8) is 0 Å². The van der Waals surface area contributed by atoms with Crippen LogP contribution in [0.2, 0.25) is 0 Å². The number of aromatic nitrogens is 5. The van der Waals surface area contributed by atoms with E-state index in [1.54, 1.807) is 17.1 Å². The lowest BCUT2D eigenvalue weighted by atomic mass is 10.2. The van der Waals surface area contributed by atoms with E-state index in [0.717, 1.165) is 33.7 Å². The first kappa shape index (κ1) is 13.5. The Morgan fingerprint density at radius 3 is 2.74 bits per heavy atom. The number of aryl methyl sites for hydroxylation is 2. The summed E-state index contributed by atoms with van der Waals surface area (Å²) in [6.45, 7) is 0. The van der Waals surface area contributed by atoms with Crippen molar-refractivity contribution in [2.24, 2.45) is 14.1 Å². The number of hydrogen-bond donors (Lipinski definition) is 1. The van der Waals surface area contributed by atoms with Gasteiger partial charge in [-0.3, -0.25) is 9.67 Å². The van der Waals surface area contributed by atoms with Gasteiger partial charge in [-0.05, 0) is 18.2 Å². The third-order valence-electron chi connectivity index (χ3n) is 3.86. The van der Waals surface area contributed by atoms with Crippen LogP contribution in [0.3, 0.4) is 0 Å².